The molecule has 0 spiro atoms. The van der Waals surface area contributed by atoms with Crippen molar-refractivity contribution in [1.29, 1.82) is 0 Å². The van der Waals surface area contributed by atoms with Gasteiger partial charge in [-0.15, -0.1) is 0 Å². The number of carbonyl (C=O) groups is 2. The van der Waals surface area contributed by atoms with Gasteiger partial charge in [0.2, 0.25) is 0 Å². The summed E-state index contributed by atoms with van der Waals surface area (Å²) in [6, 6.07) is 5.02. The second-order valence-electron chi connectivity index (χ2n) is 5.26. The number of aromatic nitrogens is 1. The van der Waals surface area contributed by atoms with Gasteiger partial charge in [-0.2, -0.15) is 0 Å². The van der Waals surface area contributed by atoms with Gasteiger partial charge in [-0.05, 0) is 30.9 Å². The van der Waals surface area contributed by atoms with Gasteiger partial charge in [-0.3, -0.25) is 9.78 Å². The number of nitrogens with zero attached hydrogens (tertiary/aromatic N) is 2. The lowest BCUT2D eigenvalue weighted by atomic mass is 10.2. The molecule has 0 aliphatic heterocycles. The van der Waals surface area contributed by atoms with Gasteiger partial charge in [0, 0.05) is 18.8 Å². The maximum atomic E-state index is 12.7. The lowest BCUT2D eigenvalue weighted by Gasteiger charge is -2.21. The standard InChI is InChI=1S/C16H16N2O4/c1-21-16(20)12-7-14(22-10-12)15(19)18(9-11-4-5-11)13-3-2-6-17-8-13/h2-3,6-8,10-11H,4-5,9H2,1H3. The molecule has 6 nitrogen and oxygen atoms in total. The number of esters is 1. The maximum Gasteiger partial charge on any atom is 0.341 e. The zero-order chi connectivity index (χ0) is 15.5. The number of anilines is 1. The van der Waals surface area contributed by atoms with Crippen molar-refractivity contribution in [3.63, 3.8) is 0 Å². The number of methoxy groups -OCH3 is 1. The monoisotopic (exact) mass is 300 g/mol. The number of rotatable bonds is 5. The molecular weight excluding hydrogens is 284 g/mol. The van der Waals surface area contributed by atoms with Crippen molar-refractivity contribution in [3.05, 3.63) is 48.2 Å². The van der Waals surface area contributed by atoms with E-state index in [0.29, 0.717) is 12.5 Å². The van der Waals surface area contributed by atoms with Crippen molar-refractivity contribution in [1.82, 2.24) is 4.98 Å². The largest absolute Gasteiger partial charge is 0.465 e. The first-order valence-corrected chi connectivity index (χ1v) is 7.08. The van der Waals surface area contributed by atoms with Gasteiger partial charge in [0.1, 0.15) is 6.26 Å². The maximum absolute atomic E-state index is 12.7. The van der Waals surface area contributed by atoms with E-state index in [4.69, 9.17) is 4.42 Å². The average molecular weight is 300 g/mol. The zero-order valence-corrected chi connectivity index (χ0v) is 12.2. The van der Waals surface area contributed by atoms with E-state index in [1.807, 2.05) is 6.07 Å². The molecule has 0 atom stereocenters. The van der Waals surface area contributed by atoms with E-state index in [-0.39, 0.29) is 17.2 Å². The van der Waals surface area contributed by atoms with E-state index < -0.39 is 5.97 Å². The van der Waals surface area contributed by atoms with Crippen molar-refractivity contribution >= 4 is 17.6 Å². The average Bonchev–Trinajstić information content (AvgIpc) is 3.25. The smallest absolute Gasteiger partial charge is 0.341 e. The number of ether oxygens (including phenoxy) is 1. The van der Waals surface area contributed by atoms with Crippen LogP contribution in [0.15, 0.2) is 41.3 Å². The van der Waals surface area contributed by atoms with Crippen LogP contribution in [0.5, 0.6) is 0 Å². The van der Waals surface area contributed by atoms with Crippen molar-refractivity contribution in [2.45, 2.75) is 12.8 Å². The number of hydrogen-bond donors (Lipinski definition) is 0. The van der Waals surface area contributed by atoms with E-state index in [9.17, 15) is 9.59 Å². The first-order valence-electron chi connectivity index (χ1n) is 7.08. The summed E-state index contributed by atoms with van der Waals surface area (Å²) in [5.41, 5.74) is 0.943. The molecule has 3 rings (SSSR count). The van der Waals surface area contributed by atoms with Crippen LogP contribution in [0.25, 0.3) is 0 Å². The van der Waals surface area contributed by atoms with Crippen LogP contribution in [0.3, 0.4) is 0 Å². The van der Waals surface area contributed by atoms with Gasteiger partial charge in [-0.1, -0.05) is 0 Å². The van der Waals surface area contributed by atoms with Crippen LogP contribution in [0.2, 0.25) is 0 Å². The highest BCUT2D eigenvalue weighted by molar-refractivity contribution is 6.05. The third kappa shape index (κ3) is 3.00. The highest BCUT2D eigenvalue weighted by atomic mass is 16.5. The highest BCUT2D eigenvalue weighted by Crippen LogP contribution is 2.32. The Kier molecular flexibility index (Phi) is 3.91. The minimum Gasteiger partial charge on any atom is -0.465 e. The molecule has 2 heterocycles. The minimum absolute atomic E-state index is 0.116. The Morgan fingerprint density at radius 2 is 2.27 bits per heavy atom. The van der Waals surface area contributed by atoms with E-state index in [0.717, 1.165) is 18.5 Å². The van der Waals surface area contributed by atoms with Crippen molar-refractivity contribution < 1.29 is 18.7 Å². The van der Waals surface area contributed by atoms with Crippen LogP contribution < -0.4 is 4.90 Å². The number of hydrogen-bond acceptors (Lipinski definition) is 5. The predicted octanol–water partition coefficient (Wildman–Crippen LogP) is 2.52. The van der Waals surface area contributed by atoms with Crippen molar-refractivity contribution in [2.24, 2.45) is 5.92 Å². The van der Waals surface area contributed by atoms with Gasteiger partial charge in [0.15, 0.2) is 5.76 Å². The van der Waals surface area contributed by atoms with Gasteiger partial charge in [0.05, 0.1) is 24.6 Å². The number of amides is 1. The Morgan fingerprint density at radius 3 is 2.91 bits per heavy atom. The normalized spacial score (nSPS) is 13.7. The van der Waals surface area contributed by atoms with Gasteiger partial charge < -0.3 is 14.1 Å². The van der Waals surface area contributed by atoms with Crippen molar-refractivity contribution in [2.75, 3.05) is 18.6 Å². The van der Waals surface area contributed by atoms with Crippen LogP contribution in [0, 0.1) is 5.92 Å². The molecule has 6 heteroatoms. The first-order chi connectivity index (χ1) is 10.7. The third-order valence-electron chi connectivity index (χ3n) is 3.57. The van der Waals surface area contributed by atoms with Crippen LogP contribution in [-0.2, 0) is 4.74 Å². The number of pyridine rings is 1. The molecule has 0 bridgehead atoms. The molecule has 114 valence electrons. The molecule has 1 saturated carbocycles. The third-order valence-corrected chi connectivity index (χ3v) is 3.57. The highest BCUT2D eigenvalue weighted by Gasteiger charge is 2.30. The molecule has 2 aromatic rings. The molecule has 0 N–H and O–H groups in total. The molecule has 1 fully saturated rings. The van der Waals surface area contributed by atoms with E-state index in [2.05, 4.69) is 9.72 Å². The Labute approximate surface area is 127 Å². The SMILES string of the molecule is COC(=O)c1coc(C(=O)N(CC2CC2)c2cccnc2)c1. The van der Waals surface area contributed by atoms with Gasteiger partial charge in [0.25, 0.3) is 5.91 Å². The minimum atomic E-state index is -0.530. The summed E-state index contributed by atoms with van der Waals surface area (Å²) in [5.74, 6) is -0.183. The van der Waals surface area contributed by atoms with Gasteiger partial charge in [-0.25, -0.2) is 4.79 Å². The molecule has 0 saturated heterocycles. The summed E-state index contributed by atoms with van der Waals surface area (Å²) in [6.07, 6.45) is 6.78. The van der Waals surface area contributed by atoms with Gasteiger partial charge >= 0.3 is 5.97 Å². The molecule has 1 aliphatic rings. The fourth-order valence-electron chi connectivity index (χ4n) is 2.18. The lowest BCUT2D eigenvalue weighted by Crippen LogP contribution is -2.32. The molecule has 0 radical (unpaired) electrons. The Hall–Kier alpha value is -2.63. The van der Waals surface area contributed by atoms with E-state index in [1.54, 1.807) is 23.4 Å². The summed E-state index contributed by atoms with van der Waals surface area (Å²) in [5, 5.41) is 0. The van der Waals surface area contributed by atoms with E-state index >= 15 is 0 Å². The second-order valence-corrected chi connectivity index (χ2v) is 5.26. The first kappa shape index (κ1) is 14.3. The summed E-state index contributed by atoms with van der Waals surface area (Å²) >= 11 is 0. The molecule has 0 unspecified atom stereocenters. The summed E-state index contributed by atoms with van der Waals surface area (Å²) in [7, 11) is 1.28. The van der Waals surface area contributed by atoms with Crippen LogP contribution in [-0.4, -0.2) is 30.5 Å². The molecule has 2 aromatic heterocycles. The Bertz CT molecular complexity index is 676. The lowest BCUT2D eigenvalue weighted by molar-refractivity contribution is 0.0600. The van der Waals surface area contributed by atoms with Crippen LogP contribution >= 0.6 is 0 Å². The quantitative estimate of drug-likeness (QED) is 0.793. The Morgan fingerprint density at radius 1 is 1.45 bits per heavy atom. The zero-order valence-electron chi connectivity index (χ0n) is 12.2. The molecular formula is C16H16N2O4. The predicted molar refractivity (Wildman–Crippen MR) is 78.7 cm³/mol. The fraction of sp³-hybridized carbons (Fsp3) is 0.312. The fourth-order valence-corrected chi connectivity index (χ4v) is 2.18. The number of furan rings is 1. The molecule has 1 amide bonds. The summed E-state index contributed by atoms with van der Waals surface area (Å²) in [6.45, 7) is 0.624. The molecule has 1 aliphatic carbocycles. The molecule has 22 heavy (non-hydrogen) atoms. The van der Waals surface area contributed by atoms with Crippen LogP contribution in [0.1, 0.15) is 33.8 Å². The molecule has 0 aromatic carbocycles. The van der Waals surface area contributed by atoms with E-state index in [1.165, 1.54) is 19.4 Å². The Balaban J connectivity index is 1.85. The van der Waals surface area contributed by atoms with Crippen LogP contribution in [0.4, 0.5) is 5.69 Å². The summed E-state index contributed by atoms with van der Waals surface area (Å²) < 4.78 is 9.86. The summed E-state index contributed by atoms with van der Waals surface area (Å²) in [4.78, 5) is 29.8. The number of carbonyl (C=O) groups excluding carboxylic acids is 2. The second kappa shape index (κ2) is 6.01. The van der Waals surface area contributed by atoms with Crippen molar-refractivity contribution in [3.8, 4) is 0 Å². The topological polar surface area (TPSA) is 72.6 Å².